The fourth-order valence-electron chi connectivity index (χ4n) is 2.34. The number of nitrogens with zero attached hydrogens (tertiary/aromatic N) is 2. The van der Waals surface area contributed by atoms with Gasteiger partial charge in [-0.15, -0.1) is 10.2 Å². The predicted molar refractivity (Wildman–Crippen MR) is 113 cm³/mol. The first-order valence-corrected chi connectivity index (χ1v) is 10.5. The van der Waals surface area contributed by atoms with E-state index in [9.17, 15) is 9.90 Å². The molecule has 28 heavy (non-hydrogen) atoms. The van der Waals surface area contributed by atoms with E-state index in [-0.39, 0.29) is 12.4 Å². The van der Waals surface area contributed by atoms with E-state index in [1.165, 1.54) is 30.0 Å². The van der Waals surface area contributed by atoms with Crippen LogP contribution in [0.5, 0.6) is 5.75 Å². The van der Waals surface area contributed by atoms with Gasteiger partial charge in [-0.2, -0.15) is 0 Å². The number of para-hydroxylation sites is 1. The summed E-state index contributed by atoms with van der Waals surface area (Å²) in [7, 11) is 0. The summed E-state index contributed by atoms with van der Waals surface area (Å²) in [5.74, 6) is 1.08. The molecule has 0 bridgehead atoms. The molecule has 0 spiro atoms. The number of aliphatic hydroxyl groups excluding tert-OH is 1. The Labute approximate surface area is 172 Å². The Morgan fingerprint density at radius 2 is 1.96 bits per heavy atom. The largest absolute Gasteiger partial charge is 0.491 e. The van der Waals surface area contributed by atoms with Gasteiger partial charge in [0.05, 0.1) is 6.10 Å². The number of aliphatic hydroxyl groups is 1. The maximum Gasteiger partial charge on any atom is 0.210 e. The van der Waals surface area contributed by atoms with E-state index in [1.807, 2.05) is 31.2 Å². The Balaban J connectivity index is 1.44. The fourth-order valence-corrected chi connectivity index (χ4v) is 4.04. The van der Waals surface area contributed by atoms with Gasteiger partial charge in [0.1, 0.15) is 12.4 Å². The number of hydrogen-bond donors (Lipinski definition) is 2. The van der Waals surface area contributed by atoms with Crippen LogP contribution < -0.4 is 10.1 Å². The van der Waals surface area contributed by atoms with E-state index in [4.69, 9.17) is 4.74 Å². The van der Waals surface area contributed by atoms with Gasteiger partial charge in [-0.25, -0.2) is 0 Å². The number of ketones is 1. The van der Waals surface area contributed by atoms with E-state index in [1.54, 1.807) is 24.3 Å². The lowest BCUT2D eigenvalue weighted by Crippen LogP contribution is -2.20. The molecular formula is C20H21N3O3S2. The van der Waals surface area contributed by atoms with Crippen LogP contribution in [0.25, 0.3) is 0 Å². The van der Waals surface area contributed by atoms with Gasteiger partial charge in [0.25, 0.3) is 0 Å². The number of aryl methyl sites for hydroxylation is 1. The van der Waals surface area contributed by atoms with E-state index < -0.39 is 6.10 Å². The van der Waals surface area contributed by atoms with Crippen LogP contribution in [0.2, 0.25) is 0 Å². The number of aromatic nitrogens is 2. The number of Topliss-reactive ketones (excluding diaryl/α,β-unsaturated/α-hetero) is 1. The molecule has 2 N–H and O–H groups in total. The predicted octanol–water partition coefficient (Wildman–Crippen LogP) is 4.32. The Morgan fingerprint density at radius 1 is 1.21 bits per heavy atom. The molecule has 0 amide bonds. The van der Waals surface area contributed by atoms with Crippen LogP contribution in [0.15, 0.2) is 52.9 Å². The van der Waals surface area contributed by atoms with Crippen LogP contribution in [-0.2, 0) is 0 Å². The maximum atomic E-state index is 11.3. The topological polar surface area (TPSA) is 84.3 Å². The standard InChI is InChI=1S/C20H21N3O3S2/c1-13-5-3-4-6-18(13)21-19-22-23-20(28-19)27-12-16(25)11-26-17-9-7-15(8-10-17)14(2)24/h3-10,16,25H,11-12H2,1-2H3,(H,21,22)/t16-/m0/s1. The molecule has 0 unspecified atom stereocenters. The Morgan fingerprint density at radius 3 is 2.68 bits per heavy atom. The van der Waals surface area contributed by atoms with Crippen LogP contribution in [-0.4, -0.2) is 39.6 Å². The maximum absolute atomic E-state index is 11.3. The monoisotopic (exact) mass is 415 g/mol. The van der Waals surface area contributed by atoms with E-state index in [0.29, 0.717) is 22.2 Å². The first-order valence-electron chi connectivity index (χ1n) is 8.72. The van der Waals surface area contributed by atoms with E-state index in [2.05, 4.69) is 15.5 Å². The smallest absolute Gasteiger partial charge is 0.210 e. The molecule has 3 rings (SSSR count). The minimum absolute atomic E-state index is 0.0105. The minimum Gasteiger partial charge on any atom is -0.491 e. The number of carbonyl (C=O) groups excluding carboxylic acids is 1. The number of anilines is 2. The van der Waals surface area contributed by atoms with Gasteiger partial charge in [0.2, 0.25) is 5.13 Å². The Bertz CT molecular complexity index is 928. The third kappa shape index (κ3) is 5.79. The lowest BCUT2D eigenvalue weighted by Gasteiger charge is -2.11. The minimum atomic E-state index is -0.644. The van der Waals surface area contributed by atoms with Crippen molar-refractivity contribution in [3.05, 3.63) is 59.7 Å². The lowest BCUT2D eigenvalue weighted by molar-refractivity contribution is 0.101. The highest BCUT2D eigenvalue weighted by atomic mass is 32.2. The van der Waals surface area contributed by atoms with E-state index >= 15 is 0 Å². The number of thioether (sulfide) groups is 1. The number of hydrogen-bond acceptors (Lipinski definition) is 8. The first kappa shape index (κ1) is 20.3. The second kappa shape index (κ2) is 9.68. The van der Waals surface area contributed by atoms with Gasteiger partial charge in [-0.1, -0.05) is 41.3 Å². The Kier molecular flexibility index (Phi) is 7.02. The SMILES string of the molecule is CC(=O)c1ccc(OC[C@H](O)CSc2nnc(Nc3ccccc3C)s2)cc1. The number of ether oxygens (including phenoxy) is 1. The van der Waals surface area contributed by atoms with Gasteiger partial charge in [-0.3, -0.25) is 4.79 Å². The van der Waals surface area contributed by atoms with Gasteiger partial charge >= 0.3 is 0 Å². The molecule has 1 heterocycles. The van der Waals surface area contributed by atoms with Gasteiger partial charge < -0.3 is 15.2 Å². The molecule has 6 nitrogen and oxygen atoms in total. The quantitative estimate of drug-likeness (QED) is 0.398. The molecule has 0 saturated carbocycles. The molecule has 0 aliphatic carbocycles. The van der Waals surface area contributed by atoms with Crippen molar-refractivity contribution in [2.24, 2.45) is 0 Å². The second-order valence-electron chi connectivity index (χ2n) is 6.17. The average Bonchev–Trinajstić information content (AvgIpc) is 3.14. The summed E-state index contributed by atoms with van der Waals surface area (Å²) in [5, 5.41) is 22.4. The zero-order valence-electron chi connectivity index (χ0n) is 15.6. The van der Waals surface area contributed by atoms with Crippen molar-refractivity contribution in [2.45, 2.75) is 24.3 Å². The van der Waals surface area contributed by atoms with Gasteiger partial charge in [-0.05, 0) is 49.7 Å². The highest BCUT2D eigenvalue weighted by molar-refractivity contribution is 8.01. The van der Waals surface area contributed by atoms with Crippen molar-refractivity contribution >= 4 is 39.7 Å². The summed E-state index contributed by atoms with van der Waals surface area (Å²) in [6, 6.07) is 14.9. The zero-order chi connectivity index (χ0) is 19.9. The molecule has 0 saturated heterocycles. The summed E-state index contributed by atoms with van der Waals surface area (Å²) >= 11 is 2.88. The van der Waals surface area contributed by atoms with Crippen molar-refractivity contribution in [3.8, 4) is 5.75 Å². The number of carbonyl (C=O) groups is 1. The number of rotatable bonds is 9. The summed E-state index contributed by atoms with van der Waals surface area (Å²) in [4.78, 5) is 11.3. The van der Waals surface area contributed by atoms with Crippen LogP contribution in [0.4, 0.5) is 10.8 Å². The Hall–Kier alpha value is -2.42. The molecular weight excluding hydrogens is 394 g/mol. The molecule has 1 atom stereocenters. The summed E-state index contributed by atoms with van der Waals surface area (Å²) in [6.45, 7) is 3.72. The van der Waals surface area contributed by atoms with Crippen molar-refractivity contribution < 1.29 is 14.6 Å². The lowest BCUT2D eigenvalue weighted by atomic mass is 10.1. The van der Waals surface area contributed by atoms with E-state index in [0.717, 1.165) is 15.6 Å². The normalized spacial score (nSPS) is 11.8. The number of benzene rings is 2. The molecule has 0 aliphatic rings. The fraction of sp³-hybridized carbons (Fsp3) is 0.250. The highest BCUT2D eigenvalue weighted by Crippen LogP contribution is 2.29. The van der Waals surface area contributed by atoms with Crippen LogP contribution in [0.1, 0.15) is 22.8 Å². The third-order valence-corrected chi connectivity index (χ3v) is 6.01. The molecule has 146 valence electrons. The van der Waals surface area contributed by atoms with Gasteiger partial charge in [0.15, 0.2) is 10.1 Å². The van der Waals surface area contributed by atoms with Gasteiger partial charge in [0, 0.05) is 17.0 Å². The molecule has 2 aromatic carbocycles. The van der Waals surface area contributed by atoms with Crippen molar-refractivity contribution in [3.63, 3.8) is 0 Å². The van der Waals surface area contributed by atoms with Crippen LogP contribution >= 0.6 is 23.1 Å². The van der Waals surface area contributed by atoms with Crippen LogP contribution in [0, 0.1) is 6.92 Å². The third-order valence-electron chi connectivity index (χ3n) is 3.90. The summed E-state index contributed by atoms with van der Waals surface area (Å²) in [6.07, 6.45) is -0.644. The van der Waals surface area contributed by atoms with Crippen molar-refractivity contribution in [1.82, 2.24) is 10.2 Å². The zero-order valence-corrected chi connectivity index (χ0v) is 17.2. The van der Waals surface area contributed by atoms with Crippen molar-refractivity contribution in [1.29, 1.82) is 0 Å². The summed E-state index contributed by atoms with van der Waals surface area (Å²) in [5.41, 5.74) is 2.77. The number of nitrogens with one attached hydrogen (secondary N) is 1. The molecule has 8 heteroatoms. The molecule has 3 aromatic rings. The molecule has 0 radical (unpaired) electrons. The second-order valence-corrected chi connectivity index (χ2v) is 8.41. The first-order chi connectivity index (χ1) is 13.5. The summed E-state index contributed by atoms with van der Waals surface area (Å²) < 4.78 is 6.35. The molecule has 1 aromatic heterocycles. The highest BCUT2D eigenvalue weighted by Gasteiger charge is 2.11. The molecule has 0 aliphatic heterocycles. The van der Waals surface area contributed by atoms with Crippen molar-refractivity contribution in [2.75, 3.05) is 17.7 Å². The van der Waals surface area contributed by atoms with Crippen LogP contribution in [0.3, 0.4) is 0 Å². The molecule has 0 fully saturated rings. The average molecular weight is 416 g/mol.